The number of anilines is 1. The second-order valence-electron chi connectivity index (χ2n) is 16.4. The van der Waals surface area contributed by atoms with Crippen LogP contribution < -0.4 is 15.5 Å². The van der Waals surface area contributed by atoms with Gasteiger partial charge in [-0.3, -0.25) is 19.2 Å². The van der Waals surface area contributed by atoms with Gasteiger partial charge in [0.25, 0.3) is 5.79 Å². The molecule has 3 aromatic rings. The highest BCUT2D eigenvalue weighted by Crippen LogP contribution is 2.43. The van der Waals surface area contributed by atoms with Crippen LogP contribution in [0.25, 0.3) is 22.5 Å². The monoisotopic (exact) mass is 898 g/mol. The molecule has 12 atom stereocenters. The second-order valence-corrected chi connectivity index (χ2v) is 16.4. The van der Waals surface area contributed by atoms with Crippen molar-refractivity contribution in [3.05, 3.63) is 54.1 Å². The van der Waals surface area contributed by atoms with E-state index in [1.165, 1.54) is 11.8 Å². The van der Waals surface area contributed by atoms with E-state index in [9.17, 15) is 59.7 Å². The number of rotatable bonds is 15. The van der Waals surface area contributed by atoms with Gasteiger partial charge in [0.15, 0.2) is 18.3 Å². The molecule has 9 N–H and O–H groups in total. The predicted molar refractivity (Wildman–Crippen MR) is 219 cm³/mol. The Morgan fingerprint density at radius 2 is 1.61 bits per heavy atom. The van der Waals surface area contributed by atoms with Gasteiger partial charge in [0.2, 0.25) is 17.7 Å². The van der Waals surface area contributed by atoms with Gasteiger partial charge in [-0.25, -0.2) is 9.48 Å². The molecule has 4 heterocycles. The van der Waals surface area contributed by atoms with Crippen LogP contribution in [0.1, 0.15) is 58.7 Å². The molecule has 348 valence electrons. The van der Waals surface area contributed by atoms with Gasteiger partial charge in [0, 0.05) is 44.4 Å². The highest BCUT2D eigenvalue weighted by Gasteiger charge is 2.57. The number of hydrogen-bond donors (Lipinski definition) is 9. The number of carbonyl (C=O) groups excluding carboxylic acids is 4. The number of Topliss-reactive ketones (excluding diaryl/α,β-unsaturated/α-hetero) is 1. The Labute approximate surface area is 366 Å². The summed E-state index contributed by atoms with van der Waals surface area (Å²) in [5, 5.41) is 91.0. The van der Waals surface area contributed by atoms with Crippen LogP contribution >= 0.6 is 0 Å². The van der Waals surface area contributed by atoms with Crippen LogP contribution in [-0.4, -0.2) is 161 Å². The van der Waals surface area contributed by atoms with Gasteiger partial charge in [-0.15, -0.1) is 5.10 Å². The Morgan fingerprint density at radius 1 is 0.938 bits per heavy atom. The molecule has 0 spiro atoms. The zero-order valence-corrected chi connectivity index (χ0v) is 35.7. The lowest BCUT2D eigenvalue weighted by Crippen LogP contribution is -2.68. The number of methoxy groups -OCH3 is 1. The molecule has 64 heavy (non-hydrogen) atoms. The normalized spacial score (nSPS) is 28.0. The summed E-state index contributed by atoms with van der Waals surface area (Å²) in [7, 11) is 1.15. The largest absolute Gasteiger partial charge is 0.477 e. The molecule has 0 bridgehead atoms. The SMILES string of the molecule is CO[C@H]1OC(COC2(C(=O)O)CC(O)C(NC(C)=O)[C@@H](C(O)[C@H](O)n3nnc4c3-c3ccccc3N(C(=O)CCC(=O)NC(C(C)=O)C(C)C)Cc3ccccc3-4)O2)C(O)C(O)C1O. The van der Waals surface area contributed by atoms with Gasteiger partial charge in [0.05, 0.1) is 37.0 Å². The van der Waals surface area contributed by atoms with Crippen LogP contribution in [-0.2, 0) is 49.5 Å². The average Bonchev–Trinajstić information content (AvgIpc) is 3.69. The Kier molecular flexibility index (Phi) is 15.0. The van der Waals surface area contributed by atoms with Crippen molar-refractivity contribution in [1.29, 1.82) is 0 Å². The minimum Gasteiger partial charge on any atom is -0.477 e. The summed E-state index contributed by atoms with van der Waals surface area (Å²) in [6, 6.07) is 11.2. The van der Waals surface area contributed by atoms with Crippen molar-refractivity contribution < 1.29 is 78.7 Å². The van der Waals surface area contributed by atoms with Crippen molar-refractivity contribution >= 4 is 35.2 Å². The van der Waals surface area contributed by atoms with Crippen LogP contribution in [0, 0.1) is 5.92 Å². The summed E-state index contributed by atoms with van der Waals surface area (Å²) < 4.78 is 23.0. The number of ether oxygens (including phenoxy) is 4. The fourth-order valence-corrected chi connectivity index (χ4v) is 8.26. The van der Waals surface area contributed by atoms with Gasteiger partial charge >= 0.3 is 5.97 Å². The Bertz CT molecular complexity index is 2200. The topological polar surface area (TPSA) is 322 Å². The first-order chi connectivity index (χ1) is 30.3. The zero-order chi connectivity index (χ0) is 46.8. The third-order valence-electron chi connectivity index (χ3n) is 11.6. The Hall–Kier alpha value is -5.27. The maximum Gasteiger partial charge on any atom is 0.364 e. The summed E-state index contributed by atoms with van der Waals surface area (Å²) in [5.74, 6) is -6.75. The lowest BCUT2D eigenvalue weighted by molar-refractivity contribution is -0.337. The van der Waals surface area contributed by atoms with E-state index in [1.807, 2.05) is 0 Å². The molecule has 6 rings (SSSR count). The summed E-state index contributed by atoms with van der Waals surface area (Å²) in [6.07, 6.45) is -17.8. The van der Waals surface area contributed by atoms with Gasteiger partial charge in [-0.1, -0.05) is 61.5 Å². The number of amides is 3. The number of hydrogen-bond acceptors (Lipinski definition) is 17. The first kappa shape index (κ1) is 48.2. The number of aliphatic hydroxyl groups excluding tert-OH is 6. The molecule has 0 radical (unpaired) electrons. The molecule has 22 nitrogen and oxygen atoms in total. The molecule has 9 unspecified atom stereocenters. The van der Waals surface area contributed by atoms with E-state index in [0.717, 1.165) is 18.7 Å². The van der Waals surface area contributed by atoms with Crippen molar-refractivity contribution in [1.82, 2.24) is 25.6 Å². The molecule has 0 saturated carbocycles. The molecule has 22 heteroatoms. The first-order valence-electron chi connectivity index (χ1n) is 20.6. The lowest BCUT2D eigenvalue weighted by atomic mass is 9.89. The molecular weight excluding hydrogens is 844 g/mol. The number of nitrogens with one attached hydrogen (secondary N) is 2. The Balaban J connectivity index is 1.35. The highest BCUT2D eigenvalue weighted by molar-refractivity contribution is 6.01. The number of aliphatic carboxylic acids is 1. The number of carboxylic acid groups (broad SMARTS) is 1. The number of para-hydroxylation sites is 1. The smallest absolute Gasteiger partial charge is 0.364 e. The standard InChI is InChI=1S/C42H54N6O16/c1-19(2)30(20(3)49)44-28(52)14-15-29(53)47-17-22-10-6-7-11-23(22)31-33(24-12-8-9-13-25(24)47)48(46-45-31)39(58)37(57)38-32(43-21(4)50)26(51)16-42(64-38,41(59)60)62-18-27-34(54)35(55)36(56)40(61-5)63-27/h6-13,19,26-27,30,32,34-40,51,54-58H,14-18H2,1-5H3,(H,43,50)(H,44,52)(H,59,60)/t26?,27?,30?,32?,34?,35?,36?,37?,38-,39-,40-,42?/m0/s1. The fraction of sp³-hybridized carbons (Fsp3) is 0.548. The van der Waals surface area contributed by atoms with Crippen LogP contribution in [0.15, 0.2) is 48.5 Å². The minimum atomic E-state index is -2.84. The molecule has 2 fully saturated rings. The van der Waals surface area contributed by atoms with Crippen LogP contribution in [0.5, 0.6) is 0 Å². The summed E-state index contributed by atoms with van der Waals surface area (Å²) in [4.78, 5) is 66.1. The molecule has 3 aliphatic rings. The van der Waals surface area contributed by atoms with E-state index in [0.29, 0.717) is 16.8 Å². The number of fused-ring (bicyclic) bond motifs is 5. The van der Waals surface area contributed by atoms with Crippen molar-refractivity contribution in [2.45, 2.75) is 127 Å². The number of aliphatic hydroxyl groups is 6. The highest BCUT2D eigenvalue weighted by atomic mass is 16.7. The number of nitrogens with zero attached hydrogens (tertiary/aromatic N) is 4. The Morgan fingerprint density at radius 3 is 2.25 bits per heavy atom. The van der Waals surface area contributed by atoms with Gasteiger partial charge in [-0.2, -0.15) is 0 Å². The first-order valence-corrected chi connectivity index (χ1v) is 20.6. The number of carboxylic acids is 1. The van der Waals surface area contributed by atoms with Crippen LogP contribution in [0.3, 0.4) is 0 Å². The van der Waals surface area contributed by atoms with E-state index in [4.69, 9.17) is 18.9 Å². The van der Waals surface area contributed by atoms with Crippen molar-refractivity contribution in [3.63, 3.8) is 0 Å². The zero-order valence-electron chi connectivity index (χ0n) is 35.7. The summed E-state index contributed by atoms with van der Waals surface area (Å²) >= 11 is 0. The molecular formula is C42H54N6O16. The van der Waals surface area contributed by atoms with E-state index in [2.05, 4.69) is 20.9 Å². The molecule has 2 saturated heterocycles. The van der Waals surface area contributed by atoms with E-state index in [-0.39, 0.29) is 48.0 Å². The van der Waals surface area contributed by atoms with Crippen molar-refractivity contribution in [2.24, 2.45) is 5.92 Å². The maximum atomic E-state index is 14.1. The number of benzene rings is 2. The maximum absolute atomic E-state index is 14.1. The quantitative estimate of drug-likeness (QED) is 0.0858. The lowest BCUT2D eigenvalue weighted by Gasteiger charge is -2.47. The number of carbonyl (C=O) groups is 5. The second kappa shape index (κ2) is 19.9. The third kappa shape index (κ3) is 9.71. The average molecular weight is 899 g/mol. The molecule has 0 aliphatic carbocycles. The van der Waals surface area contributed by atoms with E-state index >= 15 is 0 Å². The number of ketones is 1. The molecule has 3 amide bonds. The minimum absolute atomic E-state index is 0.0191. The predicted octanol–water partition coefficient (Wildman–Crippen LogP) is -1.27. The van der Waals surface area contributed by atoms with E-state index < -0.39 is 110 Å². The third-order valence-corrected chi connectivity index (χ3v) is 11.6. The molecule has 2 aromatic carbocycles. The van der Waals surface area contributed by atoms with Crippen molar-refractivity contribution in [3.8, 4) is 22.5 Å². The van der Waals surface area contributed by atoms with Gasteiger partial charge in [0.1, 0.15) is 48.0 Å². The van der Waals surface area contributed by atoms with Gasteiger partial charge < -0.3 is 70.2 Å². The number of aromatic nitrogens is 3. The fourth-order valence-electron chi connectivity index (χ4n) is 8.26. The van der Waals surface area contributed by atoms with E-state index in [1.54, 1.807) is 62.4 Å². The summed E-state index contributed by atoms with van der Waals surface area (Å²) in [6.45, 7) is 5.24. The summed E-state index contributed by atoms with van der Waals surface area (Å²) in [5.41, 5.74) is 1.96. The molecule has 3 aliphatic heterocycles. The molecule has 1 aromatic heterocycles. The van der Waals surface area contributed by atoms with Crippen molar-refractivity contribution in [2.75, 3.05) is 18.6 Å². The van der Waals surface area contributed by atoms with Crippen LogP contribution in [0.4, 0.5) is 5.69 Å². The van der Waals surface area contributed by atoms with Crippen LogP contribution in [0.2, 0.25) is 0 Å². The van der Waals surface area contributed by atoms with Gasteiger partial charge in [-0.05, 0) is 24.5 Å².